The van der Waals surface area contributed by atoms with Crippen LogP contribution in [0, 0.1) is 34.8 Å². The Hall–Kier alpha value is -0.823. The van der Waals surface area contributed by atoms with Gasteiger partial charge in [-0.3, -0.25) is 0 Å². The zero-order valence-corrected chi connectivity index (χ0v) is 18.3. The summed E-state index contributed by atoms with van der Waals surface area (Å²) in [5, 5.41) is 3.10. The van der Waals surface area contributed by atoms with Gasteiger partial charge in [0.2, 0.25) is 0 Å². The first kappa shape index (κ1) is 18.5. The molecule has 126 valence electrons. The van der Waals surface area contributed by atoms with Crippen LogP contribution in [-0.2, 0) is 0 Å². The number of hydrogen-bond donors (Lipinski definition) is 0. The summed E-state index contributed by atoms with van der Waals surface area (Å²) in [6.45, 7) is 23.3. The van der Waals surface area contributed by atoms with E-state index < -0.39 is 9.52 Å². The fraction of sp³-hybridized carbons (Fsp3) is 0.636. The smallest absolute Gasteiger partial charge is 0.0625 e. The average Bonchev–Trinajstić information content (AvgIpc) is 2.76. The van der Waals surface area contributed by atoms with E-state index in [4.69, 9.17) is 0 Å². The maximum Gasteiger partial charge on any atom is 0.0890 e. The van der Waals surface area contributed by atoms with Crippen molar-refractivity contribution in [1.29, 1.82) is 0 Å². The quantitative estimate of drug-likeness (QED) is 0.583. The number of hydrogen-bond acceptors (Lipinski definition) is 0. The van der Waals surface area contributed by atoms with Crippen LogP contribution in [-0.4, -0.2) is 9.52 Å². The highest BCUT2D eigenvalue weighted by atomic mass is 28.2. The summed E-state index contributed by atoms with van der Waals surface area (Å²) in [7, 11) is -0.522. The van der Waals surface area contributed by atoms with Crippen LogP contribution >= 0.6 is 0 Å². The van der Waals surface area contributed by atoms with Gasteiger partial charge in [0.15, 0.2) is 0 Å². The standard InChI is InChI=1S/C22H34Si/c1-13-11-17(19(15(13)3)21(5,6)7)23-18-12-14(2)16(4)20(18)22(8,9)10/h13-14H,23H2,1-10H3. The predicted molar refractivity (Wildman–Crippen MR) is 105 cm³/mol. The van der Waals surface area contributed by atoms with Crippen LogP contribution in [0.4, 0.5) is 0 Å². The molecule has 0 heterocycles. The molecule has 0 aromatic carbocycles. The molecule has 2 atom stereocenters. The van der Waals surface area contributed by atoms with Crippen molar-refractivity contribution in [3.8, 4) is 0 Å². The van der Waals surface area contributed by atoms with E-state index in [0.717, 1.165) is 0 Å². The Morgan fingerprint density at radius 2 is 1.00 bits per heavy atom. The molecule has 2 radical (unpaired) electrons. The Bertz CT molecular complexity index is 568. The molecule has 2 rings (SSSR count). The SMILES string of the molecule is CC1=C(C(C)(C)C)C([SiH2]C2=[C]C(C)C(C)=C2C(C)(C)C)=[C]C1C. The maximum atomic E-state index is 3.81. The first-order chi connectivity index (χ1) is 10.3. The molecule has 23 heavy (non-hydrogen) atoms. The van der Waals surface area contributed by atoms with Gasteiger partial charge in [0.05, 0.1) is 9.52 Å². The van der Waals surface area contributed by atoms with E-state index in [1.807, 2.05) is 0 Å². The van der Waals surface area contributed by atoms with E-state index in [0.29, 0.717) is 11.8 Å². The summed E-state index contributed by atoms with van der Waals surface area (Å²) in [6, 6.07) is 0. The summed E-state index contributed by atoms with van der Waals surface area (Å²) in [6.07, 6.45) is 7.62. The second-order valence-corrected chi connectivity index (χ2v) is 11.2. The summed E-state index contributed by atoms with van der Waals surface area (Å²) >= 11 is 0. The molecule has 0 spiro atoms. The van der Waals surface area contributed by atoms with E-state index in [1.54, 1.807) is 21.5 Å². The van der Waals surface area contributed by atoms with Crippen LogP contribution in [0.2, 0.25) is 0 Å². The first-order valence-corrected chi connectivity index (χ1v) is 10.4. The lowest BCUT2D eigenvalue weighted by Gasteiger charge is -2.28. The highest BCUT2D eigenvalue weighted by Crippen LogP contribution is 2.45. The monoisotopic (exact) mass is 326 g/mol. The molecule has 0 nitrogen and oxygen atoms in total. The largest absolute Gasteiger partial charge is 0.0890 e. The highest BCUT2D eigenvalue weighted by molar-refractivity contribution is 6.56. The van der Waals surface area contributed by atoms with Gasteiger partial charge >= 0.3 is 0 Å². The number of allylic oxidation sites excluding steroid dienone is 8. The van der Waals surface area contributed by atoms with Crippen molar-refractivity contribution in [1.82, 2.24) is 0 Å². The lowest BCUT2D eigenvalue weighted by atomic mass is 9.84. The van der Waals surface area contributed by atoms with Crippen LogP contribution in [0.3, 0.4) is 0 Å². The third kappa shape index (κ3) is 3.50. The fourth-order valence-electron chi connectivity index (χ4n) is 4.34. The zero-order valence-electron chi connectivity index (χ0n) is 16.9. The molecular weight excluding hydrogens is 292 g/mol. The molecule has 0 fully saturated rings. The molecular formula is C22H34Si. The van der Waals surface area contributed by atoms with Gasteiger partial charge in [-0.25, -0.2) is 0 Å². The molecule has 0 saturated carbocycles. The van der Waals surface area contributed by atoms with Gasteiger partial charge in [0, 0.05) is 11.8 Å². The van der Waals surface area contributed by atoms with Crippen molar-refractivity contribution >= 4 is 9.52 Å². The van der Waals surface area contributed by atoms with Crippen LogP contribution in [0.25, 0.3) is 0 Å². The fourth-order valence-corrected chi connectivity index (χ4v) is 7.48. The summed E-state index contributed by atoms with van der Waals surface area (Å²) in [5.74, 6) is 0.962. The minimum atomic E-state index is -0.522. The zero-order chi connectivity index (χ0) is 17.7. The van der Waals surface area contributed by atoms with E-state index in [2.05, 4.69) is 81.4 Å². The van der Waals surface area contributed by atoms with Crippen LogP contribution in [0.15, 0.2) is 32.7 Å². The maximum absolute atomic E-state index is 3.81. The van der Waals surface area contributed by atoms with Crippen molar-refractivity contribution < 1.29 is 0 Å². The molecule has 0 bridgehead atoms. The Kier molecular flexibility index (Phi) is 4.76. The third-order valence-corrected chi connectivity index (χ3v) is 7.15. The van der Waals surface area contributed by atoms with Gasteiger partial charge in [-0.1, -0.05) is 76.9 Å². The highest BCUT2D eigenvalue weighted by Gasteiger charge is 2.34. The molecule has 0 N–H and O–H groups in total. The Morgan fingerprint density at radius 3 is 1.26 bits per heavy atom. The van der Waals surface area contributed by atoms with Gasteiger partial charge in [0.1, 0.15) is 0 Å². The average molecular weight is 327 g/mol. The first-order valence-electron chi connectivity index (χ1n) is 9.02. The second kappa shape index (κ2) is 5.92. The topological polar surface area (TPSA) is 0 Å². The lowest BCUT2D eigenvalue weighted by molar-refractivity contribution is 0.507. The van der Waals surface area contributed by atoms with Gasteiger partial charge in [-0.15, -0.1) is 0 Å². The van der Waals surface area contributed by atoms with Crippen molar-refractivity contribution in [3.05, 3.63) is 44.8 Å². The van der Waals surface area contributed by atoms with Crippen molar-refractivity contribution in [2.24, 2.45) is 22.7 Å². The Morgan fingerprint density at radius 1 is 0.696 bits per heavy atom. The summed E-state index contributed by atoms with van der Waals surface area (Å²) in [5.41, 5.74) is 6.66. The van der Waals surface area contributed by atoms with Gasteiger partial charge in [0.25, 0.3) is 0 Å². The van der Waals surface area contributed by atoms with Gasteiger partial charge < -0.3 is 0 Å². The molecule has 2 aliphatic carbocycles. The van der Waals surface area contributed by atoms with E-state index in [1.165, 1.54) is 11.1 Å². The minimum absolute atomic E-state index is 0.218. The molecule has 0 saturated heterocycles. The molecule has 0 aromatic heterocycles. The van der Waals surface area contributed by atoms with Crippen LogP contribution in [0.1, 0.15) is 69.2 Å². The lowest BCUT2D eigenvalue weighted by Crippen LogP contribution is -2.19. The van der Waals surface area contributed by atoms with Crippen LogP contribution < -0.4 is 0 Å². The summed E-state index contributed by atoms with van der Waals surface area (Å²) in [4.78, 5) is 0. The number of rotatable bonds is 2. The Labute approximate surface area is 146 Å². The molecule has 2 unspecified atom stereocenters. The molecule has 2 aliphatic rings. The van der Waals surface area contributed by atoms with Gasteiger partial charge in [-0.2, -0.15) is 0 Å². The minimum Gasteiger partial charge on any atom is -0.0625 e. The predicted octanol–water partition coefficient (Wildman–Crippen LogP) is 5.55. The second-order valence-electron chi connectivity index (χ2n) is 9.48. The third-order valence-electron chi connectivity index (χ3n) is 5.33. The van der Waals surface area contributed by atoms with Crippen LogP contribution in [0.5, 0.6) is 0 Å². The van der Waals surface area contributed by atoms with E-state index in [9.17, 15) is 0 Å². The molecule has 0 amide bonds. The van der Waals surface area contributed by atoms with E-state index >= 15 is 0 Å². The normalized spacial score (nSPS) is 26.7. The van der Waals surface area contributed by atoms with Crippen molar-refractivity contribution in [2.75, 3.05) is 0 Å². The molecule has 1 heteroatoms. The van der Waals surface area contributed by atoms with Crippen molar-refractivity contribution in [3.63, 3.8) is 0 Å². The molecule has 0 aliphatic heterocycles. The Balaban J connectivity index is 2.40. The molecule has 0 aromatic rings. The van der Waals surface area contributed by atoms with Crippen molar-refractivity contribution in [2.45, 2.75) is 69.2 Å². The summed E-state index contributed by atoms with van der Waals surface area (Å²) < 4.78 is 0. The van der Waals surface area contributed by atoms with E-state index in [-0.39, 0.29) is 10.8 Å². The van der Waals surface area contributed by atoms with Gasteiger partial charge in [-0.05, 0) is 48.0 Å².